The van der Waals surface area contributed by atoms with Gasteiger partial charge in [-0.25, -0.2) is 0 Å². The maximum Gasteiger partial charge on any atom is 0.0997 e. The van der Waals surface area contributed by atoms with Crippen molar-refractivity contribution in [3.63, 3.8) is 0 Å². The Bertz CT molecular complexity index is 345. The highest BCUT2D eigenvalue weighted by Gasteiger charge is 2.09. The van der Waals surface area contributed by atoms with Gasteiger partial charge in [0.25, 0.3) is 0 Å². The van der Waals surface area contributed by atoms with Gasteiger partial charge in [0.05, 0.1) is 11.6 Å². The lowest BCUT2D eigenvalue weighted by atomic mass is 9.92. The van der Waals surface area contributed by atoms with E-state index in [-0.39, 0.29) is 0 Å². The molecule has 14 heavy (non-hydrogen) atoms. The number of nitrogens with zero attached hydrogens (tertiary/aromatic N) is 1. The van der Waals surface area contributed by atoms with Gasteiger partial charge in [0.15, 0.2) is 0 Å². The molecule has 0 aromatic heterocycles. The van der Waals surface area contributed by atoms with E-state index in [1.807, 2.05) is 0 Å². The topological polar surface area (TPSA) is 23.8 Å². The van der Waals surface area contributed by atoms with E-state index >= 15 is 0 Å². The van der Waals surface area contributed by atoms with E-state index in [4.69, 9.17) is 5.26 Å². The molecule has 0 radical (unpaired) electrons. The molecule has 0 bridgehead atoms. The van der Waals surface area contributed by atoms with Crippen LogP contribution in [0.5, 0.6) is 0 Å². The van der Waals surface area contributed by atoms with Crippen molar-refractivity contribution in [1.82, 2.24) is 0 Å². The highest BCUT2D eigenvalue weighted by Crippen LogP contribution is 2.22. The van der Waals surface area contributed by atoms with Gasteiger partial charge in [0.1, 0.15) is 0 Å². The summed E-state index contributed by atoms with van der Waals surface area (Å²) in [7, 11) is 0. The molecule has 0 N–H and O–H groups in total. The maximum atomic E-state index is 9.12. The van der Waals surface area contributed by atoms with Gasteiger partial charge in [-0.1, -0.05) is 45.4 Å². The monoisotopic (exact) mass is 187 g/mol. The molecule has 74 valence electrons. The van der Waals surface area contributed by atoms with Gasteiger partial charge in [-0.15, -0.1) is 0 Å². The number of rotatable bonds is 3. The van der Waals surface area contributed by atoms with Gasteiger partial charge in [0, 0.05) is 0 Å². The predicted molar refractivity (Wildman–Crippen MR) is 59.2 cm³/mol. The molecular weight excluding hydrogens is 170 g/mol. The Labute approximate surface area is 86.4 Å². The predicted octanol–water partition coefficient (Wildman–Crippen LogP) is 3.63. The van der Waals surface area contributed by atoms with Crippen LogP contribution in [0.25, 0.3) is 0 Å². The van der Waals surface area contributed by atoms with Crippen molar-refractivity contribution in [2.75, 3.05) is 0 Å². The van der Waals surface area contributed by atoms with Crippen LogP contribution in [-0.2, 0) is 6.42 Å². The Morgan fingerprint density at radius 1 is 1.36 bits per heavy atom. The maximum absolute atomic E-state index is 9.12. The minimum atomic E-state index is 0.432. The van der Waals surface area contributed by atoms with E-state index in [0.717, 1.165) is 18.4 Å². The van der Waals surface area contributed by atoms with Crippen LogP contribution in [0.4, 0.5) is 0 Å². The van der Waals surface area contributed by atoms with Crippen molar-refractivity contribution in [3.05, 3.63) is 34.9 Å². The first-order valence-electron chi connectivity index (χ1n) is 5.22. The standard InChI is InChI=1S/C13H17N/c1-4-6-11-7-5-8-12(10(2)3)13(11)9-14/h5,7-8,10H,4,6H2,1-3H3. The zero-order valence-corrected chi connectivity index (χ0v) is 9.17. The molecule has 0 aliphatic rings. The van der Waals surface area contributed by atoms with Gasteiger partial charge >= 0.3 is 0 Å². The lowest BCUT2D eigenvalue weighted by molar-refractivity contribution is 0.848. The van der Waals surface area contributed by atoms with Crippen LogP contribution >= 0.6 is 0 Å². The van der Waals surface area contributed by atoms with Crippen LogP contribution in [0.15, 0.2) is 18.2 Å². The highest BCUT2D eigenvalue weighted by molar-refractivity contribution is 5.45. The smallest absolute Gasteiger partial charge is 0.0997 e. The molecule has 1 heteroatoms. The lowest BCUT2D eigenvalue weighted by Crippen LogP contribution is -1.98. The van der Waals surface area contributed by atoms with E-state index in [0.29, 0.717) is 5.92 Å². The van der Waals surface area contributed by atoms with Gasteiger partial charge in [0.2, 0.25) is 0 Å². The zero-order valence-electron chi connectivity index (χ0n) is 9.17. The summed E-state index contributed by atoms with van der Waals surface area (Å²) in [6.07, 6.45) is 2.10. The Morgan fingerprint density at radius 2 is 2.07 bits per heavy atom. The van der Waals surface area contributed by atoms with E-state index < -0.39 is 0 Å². The summed E-state index contributed by atoms with van der Waals surface area (Å²) in [5.74, 6) is 0.432. The summed E-state index contributed by atoms with van der Waals surface area (Å²) in [5.41, 5.74) is 3.27. The average Bonchev–Trinajstić information content (AvgIpc) is 2.18. The Kier molecular flexibility index (Phi) is 3.71. The van der Waals surface area contributed by atoms with E-state index in [2.05, 4.69) is 45.0 Å². The molecule has 0 heterocycles. The van der Waals surface area contributed by atoms with Crippen LogP contribution in [0.2, 0.25) is 0 Å². The summed E-state index contributed by atoms with van der Waals surface area (Å²) >= 11 is 0. The van der Waals surface area contributed by atoms with Crippen molar-refractivity contribution in [2.24, 2.45) is 0 Å². The third-order valence-corrected chi connectivity index (χ3v) is 2.44. The van der Waals surface area contributed by atoms with Crippen LogP contribution in [-0.4, -0.2) is 0 Å². The van der Waals surface area contributed by atoms with E-state index in [9.17, 15) is 0 Å². The summed E-state index contributed by atoms with van der Waals surface area (Å²) in [6.45, 7) is 6.40. The quantitative estimate of drug-likeness (QED) is 0.708. The normalized spacial score (nSPS) is 10.2. The molecule has 0 saturated carbocycles. The summed E-state index contributed by atoms with van der Waals surface area (Å²) in [6, 6.07) is 8.51. The van der Waals surface area contributed by atoms with E-state index in [1.165, 1.54) is 11.1 Å². The molecule has 0 amide bonds. The van der Waals surface area contributed by atoms with Gasteiger partial charge in [-0.3, -0.25) is 0 Å². The van der Waals surface area contributed by atoms with Crippen LogP contribution in [0.1, 0.15) is 49.8 Å². The number of hydrogen-bond donors (Lipinski definition) is 0. The largest absolute Gasteiger partial charge is 0.192 e. The van der Waals surface area contributed by atoms with Crippen LogP contribution in [0, 0.1) is 11.3 Å². The molecule has 1 rings (SSSR count). The second-order valence-electron chi connectivity index (χ2n) is 3.90. The molecule has 0 fully saturated rings. The average molecular weight is 187 g/mol. The Morgan fingerprint density at radius 3 is 2.57 bits per heavy atom. The van der Waals surface area contributed by atoms with Gasteiger partial charge < -0.3 is 0 Å². The molecule has 0 atom stereocenters. The molecule has 0 saturated heterocycles. The number of nitriles is 1. The first-order valence-corrected chi connectivity index (χ1v) is 5.22. The third-order valence-electron chi connectivity index (χ3n) is 2.44. The van der Waals surface area contributed by atoms with Crippen molar-refractivity contribution in [3.8, 4) is 6.07 Å². The van der Waals surface area contributed by atoms with Gasteiger partial charge in [-0.05, 0) is 23.5 Å². The molecule has 0 unspecified atom stereocenters. The fourth-order valence-corrected chi connectivity index (χ4v) is 1.72. The summed E-state index contributed by atoms with van der Waals surface area (Å²) in [4.78, 5) is 0. The minimum Gasteiger partial charge on any atom is -0.192 e. The second-order valence-corrected chi connectivity index (χ2v) is 3.90. The first kappa shape index (κ1) is 10.8. The van der Waals surface area contributed by atoms with E-state index in [1.54, 1.807) is 0 Å². The molecule has 0 aliphatic heterocycles. The molecular formula is C13H17N. The highest BCUT2D eigenvalue weighted by atomic mass is 14.3. The molecule has 0 aliphatic carbocycles. The number of benzene rings is 1. The van der Waals surface area contributed by atoms with Crippen LogP contribution < -0.4 is 0 Å². The SMILES string of the molecule is CCCc1cccc(C(C)C)c1C#N. The Hall–Kier alpha value is -1.29. The lowest BCUT2D eigenvalue weighted by Gasteiger charge is -2.11. The summed E-state index contributed by atoms with van der Waals surface area (Å²) < 4.78 is 0. The molecule has 1 aromatic rings. The van der Waals surface area contributed by atoms with Crippen molar-refractivity contribution >= 4 is 0 Å². The fraction of sp³-hybridized carbons (Fsp3) is 0.462. The van der Waals surface area contributed by atoms with Crippen molar-refractivity contribution in [1.29, 1.82) is 5.26 Å². The minimum absolute atomic E-state index is 0.432. The van der Waals surface area contributed by atoms with Crippen LogP contribution in [0.3, 0.4) is 0 Å². The molecule has 0 spiro atoms. The fourth-order valence-electron chi connectivity index (χ4n) is 1.72. The number of aryl methyl sites for hydroxylation is 1. The number of hydrogen-bond acceptors (Lipinski definition) is 1. The first-order chi connectivity index (χ1) is 6.70. The summed E-state index contributed by atoms with van der Waals surface area (Å²) in [5, 5.41) is 9.12. The third kappa shape index (κ3) is 2.14. The van der Waals surface area contributed by atoms with Crippen molar-refractivity contribution < 1.29 is 0 Å². The second kappa shape index (κ2) is 4.81. The van der Waals surface area contributed by atoms with Gasteiger partial charge in [-0.2, -0.15) is 5.26 Å². The Balaban J connectivity index is 3.20. The molecule has 1 aromatic carbocycles. The zero-order chi connectivity index (χ0) is 10.6. The van der Waals surface area contributed by atoms with Crippen molar-refractivity contribution in [2.45, 2.75) is 39.5 Å². The molecule has 1 nitrogen and oxygen atoms in total.